The van der Waals surface area contributed by atoms with Crippen LogP contribution in [-0.2, 0) is 6.42 Å². The number of carbonyl (C=O) groups excluding carboxylic acids is 1. The summed E-state index contributed by atoms with van der Waals surface area (Å²) in [4.78, 5) is 12.5. The minimum atomic E-state index is -0.279. The van der Waals surface area contributed by atoms with Crippen LogP contribution in [0.5, 0.6) is 11.5 Å². The molecule has 1 N–H and O–H groups in total. The maximum Gasteiger partial charge on any atom is 0.257 e. The summed E-state index contributed by atoms with van der Waals surface area (Å²) in [5, 5.41) is 14.9. The molecule has 3 rings (SSSR count). The highest BCUT2D eigenvalue weighted by Crippen LogP contribution is 2.25. The molecule has 8 heteroatoms. The monoisotopic (exact) mass is 389 g/mol. The summed E-state index contributed by atoms with van der Waals surface area (Å²) in [5.41, 5.74) is 3.25. The first-order chi connectivity index (χ1) is 12.6. The molecule has 0 saturated carbocycles. The first-order valence-electron chi connectivity index (χ1n) is 8.13. The van der Waals surface area contributed by atoms with Crippen molar-refractivity contribution in [1.29, 1.82) is 0 Å². The average molecular weight is 390 g/mol. The molecule has 6 nitrogen and oxygen atoms in total. The summed E-state index contributed by atoms with van der Waals surface area (Å²) in [6, 6.07) is 7.28. The van der Waals surface area contributed by atoms with E-state index >= 15 is 0 Å². The molecular weight excluding hydrogens is 370 g/mol. The molecular formula is C18H19N3O3S2. The number of thiophene rings is 1. The van der Waals surface area contributed by atoms with E-state index in [1.165, 1.54) is 16.9 Å². The predicted molar refractivity (Wildman–Crippen MR) is 104 cm³/mol. The van der Waals surface area contributed by atoms with Crippen molar-refractivity contribution >= 4 is 33.7 Å². The highest BCUT2D eigenvalue weighted by atomic mass is 32.1. The fourth-order valence-corrected chi connectivity index (χ4v) is 3.39. The summed E-state index contributed by atoms with van der Waals surface area (Å²) in [7, 11) is 0. The van der Waals surface area contributed by atoms with Gasteiger partial charge in [-0.15, -0.1) is 10.2 Å². The van der Waals surface area contributed by atoms with Crippen LogP contribution in [0.4, 0.5) is 5.13 Å². The van der Waals surface area contributed by atoms with Gasteiger partial charge in [0.15, 0.2) is 0 Å². The maximum atomic E-state index is 12.5. The lowest BCUT2D eigenvalue weighted by Gasteiger charge is -2.14. The van der Waals surface area contributed by atoms with Crippen LogP contribution in [-0.4, -0.2) is 28.8 Å². The number of nitrogens with zero attached hydrogens (tertiary/aromatic N) is 2. The number of benzene rings is 1. The van der Waals surface area contributed by atoms with Gasteiger partial charge in [0.05, 0.1) is 12.7 Å². The zero-order chi connectivity index (χ0) is 18.4. The van der Waals surface area contributed by atoms with E-state index in [0.29, 0.717) is 28.8 Å². The van der Waals surface area contributed by atoms with Gasteiger partial charge in [0.25, 0.3) is 5.91 Å². The van der Waals surface area contributed by atoms with E-state index in [1.807, 2.05) is 19.2 Å². The fourth-order valence-electron chi connectivity index (χ4n) is 2.24. The van der Waals surface area contributed by atoms with Crippen LogP contribution in [0.15, 0.2) is 40.5 Å². The molecule has 2 aromatic heterocycles. The van der Waals surface area contributed by atoms with Crippen LogP contribution in [0.25, 0.3) is 0 Å². The number of anilines is 1. The standard InChI is InChI=1S/C18H19N3O3S2/c1-12(2)24-16-8-14(17(22)20-18-21-19-11-26-18)7-15(9-16)23-5-3-13-4-6-25-10-13/h4,6-12H,3,5H2,1-2H3,(H,20,21,22). The van der Waals surface area contributed by atoms with Gasteiger partial charge in [0, 0.05) is 18.1 Å². The highest BCUT2D eigenvalue weighted by Gasteiger charge is 2.13. The van der Waals surface area contributed by atoms with Crippen LogP contribution in [0.3, 0.4) is 0 Å². The second-order valence-electron chi connectivity index (χ2n) is 5.79. The molecule has 0 saturated heterocycles. The third kappa shape index (κ3) is 5.27. The van der Waals surface area contributed by atoms with E-state index in [-0.39, 0.29) is 12.0 Å². The summed E-state index contributed by atoms with van der Waals surface area (Å²) < 4.78 is 11.6. The van der Waals surface area contributed by atoms with Crippen molar-refractivity contribution in [3.05, 3.63) is 51.7 Å². The zero-order valence-electron chi connectivity index (χ0n) is 14.5. The van der Waals surface area contributed by atoms with Crippen molar-refractivity contribution in [2.45, 2.75) is 26.4 Å². The number of nitrogens with one attached hydrogen (secondary N) is 1. The first-order valence-corrected chi connectivity index (χ1v) is 9.95. The molecule has 0 radical (unpaired) electrons. The second-order valence-corrected chi connectivity index (χ2v) is 7.40. The Morgan fingerprint density at radius 3 is 2.81 bits per heavy atom. The van der Waals surface area contributed by atoms with Crippen LogP contribution in [0, 0.1) is 0 Å². The molecule has 1 aromatic carbocycles. The minimum absolute atomic E-state index is 0.00451. The van der Waals surface area contributed by atoms with E-state index in [1.54, 1.807) is 35.0 Å². The van der Waals surface area contributed by atoms with Crippen molar-refractivity contribution in [2.24, 2.45) is 0 Å². The molecule has 0 aliphatic rings. The number of ether oxygens (including phenoxy) is 2. The Bertz CT molecular complexity index is 834. The number of hydrogen-bond acceptors (Lipinski definition) is 7. The second kappa shape index (κ2) is 8.77. The number of amides is 1. The summed E-state index contributed by atoms with van der Waals surface area (Å²) in [6.45, 7) is 4.40. The van der Waals surface area contributed by atoms with Gasteiger partial charge in [-0.05, 0) is 48.4 Å². The molecule has 1 amide bonds. The van der Waals surface area contributed by atoms with Crippen LogP contribution >= 0.6 is 22.7 Å². The summed E-state index contributed by atoms with van der Waals surface area (Å²) >= 11 is 2.93. The van der Waals surface area contributed by atoms with Crippen molar-refractivity contribution in [3.63, 3.8) is 0 Å². The zero-order valence-corrected chi connectivity index (χ0v) is 16.1. The Balaban J connectivity index is 1.73. The number of rotatable bonds is 8. The Kier molecular flexibility index (Phi) is 6.19. The molecule has 0 aliphatic heterocycles. The summed E-state index contributed by atoms with van der Waals surface area (Å²) in [6.07, 6.45) is 0.806. The van der Waals surface area contributed by atoms with Crippen LogP contribution in [0.1, 0.15) is 29.8 Å². The fraction of sp³-hybridized carbons (Fsp3) is 0.278. The van der Waals surface area contributed by atoms with E-state index in [2.05, 4.69) is 27.0 Å². The number of carbonyl (C=O) groups is 1. The molecule has 0 spiro atoms. The largest absolute Gasteiger partial charge is 0.493 e. The van der Waals surface area contributed by atoms with Gasteiger partial charge in [0.1, 0.15) is 17.0 Å². The van der Waals surface area contributed by atoms with Gasteiger partial charge in [0.2, 0.25) is 5.13 Å². The van der Waals surface area contributed by atoms with Gasteiger partial charge in [-0.2, -0.15) is 11.3 Å². The van der Waals surface area contributed by atoms with Crippen molar-refractivity contribution < 1.29 is 14.3 Å². The maximum absolute atomic E-state index is 12.5. The Hall–Kier alpha value is -2.45. The molecule has 3 aromatic rings. The normalized spacial score (nSPS) is 10.7. The predicted octanol–water partition coefficient (Wildman–Crippen LogP) is 4.26. The molecule has 0 aliphatic carbocycles. The number of aromatic nitrogens is 2. The molecule has 26 heavy (non-hydrogen) atoms. The molecule has 0 fully saturated rings. The molecule has 0 bridgehead atoms. The van der Waals surface area contributed by atoms with E-state index in [4.69, 9.17) is 9.47 Å². The van der Waals surface area contributed by atoms with Crippen LogP contribution < -0.4 is 14.8 Å². The topological polar surface area (TPSA) is 73.3 Å². The van der Waals surface area contributed by atoms with E-state index < -0.39 is 0 Å². The third-order valence-corrected chi connectivity index (χ3v) is 4.67. The van der Waals surface area contributed by atoms with Crippen molar-refractivity contribution in [3.8, 4) is 11.5 Å². The first kappa shape index (κ1) is 18.3. The van der Waals surface area contributed by atoms with Crippen molar-refractivity contribution in [2.75, 3.05) is 11.9 Å². The Morgan fingerprint density at radius 1 is 1.27 bits per heavy atom. The van der Waals surface area contributed by atoms with Gasteiger partial charge in [-0.3, -0.25) is 10.1 Å². The van der Waals surface area contributed by atoms with Crippen molar-refractivity contribution in [1.82, 2.24) is 10.2 Å². The molecule has 0 unspecified atom stereocenters. The minimum Gasteiger partial charge on any atom is -0.493 e. The lowest BCUT2D eigenvalue weighted by Crippen LogP contribution is -2.13. The molecule has 136 valence electrons. The van der Waals surface area contributed by atoms with Gasteiger partial charge < -0.3 is 9.47 Å². The lowest BCUT2D eigenvalue weighted by molar-refractivity contribution is 0.102. The van der Waals surface area contributed by atoms with E-state index in [9.17, 15) is 4.79 Å². The third-order valence-electron chi connectivity index (χ3n) is 3.33. The smallest absolute Gasteiger partial charge is 0.257 e. The number of hydrogen-bond donors (Lipinski definition) is 1. The Morgan fingerprint density at radius 2 is 2.12 bits per heavy atom. The van der Waals surface area contributed by atoms with Crippen LogP contribution in [0.2, 0.25) is 0 Å². The Labute approximate surface area is 159 Å². The molecule has 0 atom stereocenters. The van der Waals surface area contributed by atoms with Gasteiger partial charge >= 0.3 is 0 Å². The van der Waals surface area contributed by atoms with Gasteiger partial charge in [-0.1, -0.05) is 11.3 Å². The highest BCUT2D eigenvalue weighted by molar-refractivity contribution is 7.13. The van der Waals surface area contributed by atoms with E-state index in [0.717, 1.165) is 6.42 Å². The average Bonchev–Trinajstić information content (AvgIpc) is 3.28. The molecule has 2 heterocycles. The van der Waals surface area contributed by atoms with Gasteiger partial charge in [-0.25, -0.2) is 0 Å². The quantitative estimate of drug-likeness (QED) is 0.623. The lowest BCUT2D eigenvalue weighted by atomic mass is 10.2. The summed E-state index contributed by atoms with van der Waals surface area (Å²) in [5.74, 6) is 0.912. The SMILES string of the molecule is CC(C)Oc1cc(OCCc2ccsc2)cc(C(=O)Nc2nncs2)c1.